The molecule has 0 bridgehead atoms. The molecule has 0 aromatic rings. The van der Waals surface area contributed by atoms with E-state index in [2.05, 4.69) is 19.2 Å². The zero-order valence-corrected chi connectivity index (χ0v) is 11.5. The molecule has 2 atom stereocenters. The number of nitrogens with one attached hydrogen (secondary N) is 1. The van der Waals surface area contributed by atoms with E-state index in [9.17, 15) is 8.42 Å². The molecule has 0 saturated heterocycles. The van der Waals surface area contributed by atoms with Crippen LogP contribution in [0.1, 0.15) is 46.0 Å². The third-order valence-electron chi connectivity index (χ3n) is 3.92. The summed E-state index contributed by atoms with van der Waals surface area (Å²) in [6.45, 7) is 4.22. The highest BCUT2D eigenvalue weighted by molar-refractivity contribution is 7.92. The van der Waals surface area contributed by atoms with Gasteiger partial charge in [0.25, 0.3) is 0 Å². The van der Waals surface area contributed by atoms with Gasteiger partial charge in [0, 0.05) is 6.04 Å². The average Bonchev–Trinajstić information content (AvgIpc) is 2.78. The summed E-state index contributed by atoms with van der Waals surface area (Å²) in [5.41, 5.74) is 0. The summed E-state index contributed by atoms with van der Waals surface area (Å²) in [5, 5.41) is 3.09. The number of rotatable bonds is 6. The standard InChI is InChI=1S/C12H25NO2S/c1-4-10(2)12(13-3)9-16(14,15)11-7-5-6-8-11/h10-13H,4-9H2,1-3H3. The molecule has 0 aromatic carbocycles. The van der Waals surface area contributed by atoms with Crippen LogP contribution >= 0.6 is 0 Å². The first-order valence-electron chi connectivity index (χ1n) is 6.40. The molecule has 2 unspecified atom stereocenters. The highest BCUT2D eigenvalue weighted by atomic mass is 32.2. The van der Waals surface area contributed by atoms with Gasteiger partial charge in [0.1, 0.15) is 0 Å². The molecular weight excluding hydrogens is 222 g/mol. The minimum Gasteiger partial charge on any atom is -0.316 e. The van der Waals surface area contributed by atoms with E-state index in [4.69, 9.17) is 0 Å². The Kier molecular flexibility index (Phi) is 5.25. The van der Waals surface area contributed by atoms with E-state index in [0.717, 1.165) is 32.1 Å². The lowest BCUT2D eigenvalue weighted by atomic mass is 10.0. The SMILES string of the molecule is CCC(C)C(CS(=O)(=O)C1CCCC1)NC. The molecule has 16 heavy (non-hydrogen) atoms. The lowest BCUT2D eigenvalue weighted by Gasteiger charge is -2.24. The monoisotopic (exact) mass is 247 g/mol. The highest BCUT2D eigenvalue weighted by Crippen LogP contribution is 2.26. The van der Waals surface area contributed by atoms with Crippen molar-refractivity contribution in [2.45, 2.75) is 57.2 Å². The summed E-state index contributed by atoms with van der Waals surface area (Å²) in [5.74, 6) is 0.726. The van der Waals surface area contributed by atoms with Crippen molar-refractivity contribution in [2.24, 2.45) is 5.92 Å². The molecule has 4 heteroatoms. The van der Waals surface area contributed by atoms with Crippen LogP contribution in [0.4, 0.5) is 0 Å². The molecular formula is C12H25NO2S. The van der Waals surface area contributed by atoms with Gasteiger partial charge in [0.15, 0.2) is 9.84 Å². The van der Waals surface area contributed by atoms with Gasteiger partial charge in [-0.2, -0.15) is 0 Å². The first-order chi connectivity index (χ1) is 7.51. The molecule has 0 aliphatic heterocycles. The van der Waals surface area contributed by atoms with Crippen LogP contribution in [-0.4, -0.2) is 32.5 Å². The lowest BCUT2D eigenvalue weighted by Crippen LogP contribution is -2.40. The first kappa shape index (κ1) is 14.0. The molecule has 1 N–H and O–H groups in total. The third-order valence-corrected chi connectivity index (χ3v) is 6.23. The largest absolute Gasteiger partial charge is 0.316 e. The van der Waals surface area contributed by atoms with Crippen LogP contribution in [0.15, 0.2) is 0 Å². The maximum Gasteiger partial charge on any atom is 0.154 e. The average molecular weight is 247 g/mol. The molecule has 1 rings (SSSR count). The molecule has 1 fully saturated rings. The molecule has 0 amide bonds. The summed E-state index contributed by atoms with van der Waals surface area (Å²) in [6, 6.07) is 0.107. The fourth-order valence-corrected chi connectivity index (χ4v) is 4.77. The predicted octanol–water partition coefficient (Wildman–Crippen LogP) is 1.98. The summed E-state index contributed by atoms with van der Waals surface area (Å²) in [6.07, 6.45) is 4.93. The molecule has 0 spiro atoms. The summed E-state index contributed by atoms with van der Waals surface area (Å²) >= 11 is 0. The van der Waals surface area contributed by atoms with E-state index >= 15 is 0 Å². The van der Waals surface area contributed by atoms with E-state index in [0.29, 0.717) is 11.7 Å². The maximum absolute atomic E-state index is 12.2. The summed E-state index contributed by atoms with van der Waals surface area (Å²) in [4.78, 5) is 0. The third kappa shape index (κ3) is 3.45. The van der Waals surface area contributed by atoms with Crippen molar-refractivity contribution in [3.05, 3.63) is 0 Å². The van der Waals surface area contributed by atoms with Crippen molar-refractivity contribution >= 4 is 9.84 Å². The number of hydrogen-bond donors (Lipinski definition) is 1. The second kappa shape index (κ2) is 6.01. The van der Waals surface area contributed by atoms with E-state index in [1.807, 2.05) is 7.05 Å². The van der Waals surface area contributed by atoms with E-state index in [1.165, 1.54) is 0 Å². The minimum absolute atomic E-state index is 0.0626. The Balaban J connectivity index is 2.62. The van der Waals surface area contributed by atoms with Crippen LogP contribution in [0.3, 0.4) is 0 Å². The van der Waals surface area contributed by atoms with Crippen molar-refractivity contribution in [2.75, 3.05) is 12.8 Å². The molecule has 1 aliphatic rings. The van der Waals surface area contributed by atoms with Crippen LogP contribution in [0.2, 0.25) is 0 Å². The van der Waals surface area contributed by atoms with Crippen LogP contribution in [-0.2, 0) is 9.84 Å². The minimum atomic E-state index is -2.89. The molecule has 1 aliphatic carbocycles. The van der Waals surface area contributed by atoms with Crippen LogP contribution in [0.25, 0.3) is 0 Å². The Morgan fingerprint density at radius 2 is 1.88 bits per heavy atom. The van der Waals surface area contributed by atoms with Crippen LogP contribution in [0.5, 0.6) is 0 Å². The second-order valence-electron chi connectivity index (χ2n) is 5.02. The van der Waals surface area contributed by atoms with Crippen molar-refractivity contribution in [1.29, 1.82) is 0 Å². The van der Waals surface area contributed by atoms with Gasteiger partial charge in [0.2, 0.25) is 0 Å². The molecule has 0 aromatic heterocycles. The van der Waals surface area contributed by atoms with Crippen molar-refractivity contribution < 1.29 is 8.42 Å². The normalized spacial score (nSPS) is 22.2. The van der Waals surface area contributed by atoms with Gasteiger partial charge in [-0.3, -0.25) is 0 Å². The zero-order chi connectivity index (χ0) is 12.2. The Morgan fingerprint density at radius 1 is 1.31 bits per heavy atom. The molecule has 3 nitrogen and oxygen atoms in total. The molecule has 1 saturated carbocycles. The molecule has 0 heterocycles. The Hall–Kier alpha value is -0.0900. The van der Waals surface area contributed by atoms with E-state index in [1.54, 1.807) is 0 Å². The Morgan fingerprint density at radius 3 is 2.31 bits per heavy atom. The van der Waals surface area contributed by atoms with Crippen molar-refractivity contribution in [3.63, 3.8) is 0 Å². The zero-order valence-electron chi connectivity index (χ0n) is 10.7. The van der Waals surface area contributed by atoms with Crippen LogP contribution in [0, 0.1) is 5.92 Å². The van der Waals surface area contributed by atoms with Gasteiger partial charge >= 0.3 is 0 Å². The second-order valence-corrected chi connectivity index (χ2v) is 7.34. The van der Waals surface area contributed by atoms with E-state index in [-0.39, 0.29) is 11.3 Å². The highest BCUT2D eigenvalue weighted by Gasteiger charge is 2.31. The quantitative estimate of drug-likeness (QED) is 0.780. The maximum atomic E-state index is 12.2. The van der Waals surface area contributed by atoms with Crippen LogP contribution < -0.4 is 5.32 Å². The Bertz CT molecular complexity index is 294. The van der Waals surface area contributed by atoms with Gasteiger partial charge in [0.05, 0.1) is 11.0 Å². The Labute approximate surface area is 99.9 Å². The fraction of sp³-hybridized carbons (Fsp3) is 1.00. The van der Waals surface area contributed by atoms with Gasteiger partial charge in [-0.25, -0.2) is 8.42 Å². The van der Waals surface area contributed by atoms with Crippen molar-refractivity contribution in [1.82, 2.24) is 5.32 Å². The summed E-state index contributed by atoms with van der Waals surface area (Å²) in [7, 11) is -1.03. The fourth-order valence-electron chi connectivity index (χ4n) is 2.45. The van der Waals surface area contributed by atoms with Gasteiger partial charge in [-0.15, -0.1) is 0 Å². The van der Waals surface area contributed by atoms with Gasteiger partial charge in [-0.1, -0.05) is 33.1 Å². The molecule has 96 valence electrons. The van der Waals surface area contributed by atoms with Gasteiger partial charge < -0.3 is 5.32 Å². The topological polar surface area (TPSA) is 46.2 Å². The predicted molar refractivity (Wildman–Crippen MR) is 68.3 cm³/mol. The van der Waals surface area contributed by atoms with E-state index < -0.39 is 9.84 Å². The lowest BCUT2D eigenvalue weighted by molar-refractivity contribution is 0.412. The number of hydrogen-bond acceptors (Lipinski definition) is 3. The van der Waals surface area contributed by atoms with Gasteiger partial charge in [-0.05, 0) is 25.8 Å². The number of sulfone groups is 1. The van der Waals surface area contributed by atoms with Crippen molar-refractivity contribution in [3.8, 4) is 0 Å². The molecule has 0 radical (unpaired) electrons. The first-order valence-corrected chi connectivity index (χ1v) is 8.11. The smallest absolute Gasteiger partial charge is 0.154 e. The summed E-state index contributed by atoms with van der Waals surface area (Å²) < 4.78 is 24.4.